The lowest BCUT2D eigenvalue weighted by Gasteiger charge is -2.40. The Bertz CT molecular complexity index is 922. The number of rotatable bonds is 8. The quantitative estimate of drug-likeness (QED) is 0.363. The summed E-state index contributed by atoms with van der Waals surface area (Å²) < 4.78 is 18.1. The average molecular weight is 509 g/mol. The van der Waals surface area contributed by atoms with Crippen molar-refractivity contribution < 1.29 is 33.4 Å². The lowest BCUT2D eigenvalue weighted by Crippen LogP contribution is -2.48. The smallest absolute Gasteiger partial charge is 0.306 e. The molecule has 0 radical (unpaired) electrons. The minimum absolute atomic E-state index is 0.0161. The van der Waals surface area contributed by atoms with Crippen LogP contribution in [0.2, 0.25) is 18.1 Å². The highest BCUT2D eigenvalue weighted by Gasteiger charge is 2.51. The number of hydrogen-bond acceptors (Lipinski definition) is 7. The van der Waals surface area contributed by atoms with Crippen LogP contribution >= 0.6 is 0 Å². The third-order valence-corrected chi connectivity index (χ3v) is 12.3. The zero-order valence-corrected chi connectivity index (χ0v) is 24.2. The highest BCUT2D eigenvalue weighted by molar-refractivity contribution is 6.74. The molecule has 0 spiro atoms. The van der Waals surface area contributed by atoms with Crippen LogP contribution in [0.4, 0.5) is 0 Å². The number of allylic oxidation sites excluding steroid dienone is 2. The number of ether oxygens (including phenoxy) is 2. The number of esters is 2. The molecule has 1 N–H and O–H groups in total. The van der Waals surface area contributed by atoms with Gasteiger partial charge in [-0.25, -0.2) is 0 Å². The molecule has 0 aromatic heterocycles. The second-order valence-electron chi connectivity index (χ2n) is 12.0. The van der Waals surface area contributed by atoms with Crippen molar-refractivity contribution in [2.24, 2.45) is 5.92 Å². The molecule has 0 aromatic rings. The average Bonchev–Trinajstić information content (AvgIpc) is 2.91. The van der Waals surface area contributed by atoms with Gasteiger partial charge in [-0.3, -0.25) is 14.4 Å². The fraction of sp³-hybridized carbons (Fsp3) is 0.741. The van der Waals surface area contributed by atoms with Crippen molar-refractivity contribution in [2.75, 3.05) is 6.61 Å². The van der Waals surface area contributed by atoms with E-state index < -0.39 is 31.6 Å². The molecule has 0 aliphatic heterocycles. The molecule has 4 atom stereocenters. The minimum atomic E-state index is -2.19. The van der Waals surface area contributed by atoms with E-state index in [9.17, 15) is 19.5 Å². The van der Waals surface area contributed by atoms with E-state index in [1.54, 1.807) is 26.8 Å². The first kappa shape index (κ1) is 29.5. The van der Waals surface area contributed by atoms with Gasteiger partial charge >= 0.3 is 11.9 Å². The second-order valence-corrected chi connectivity index (χ2v) is 16.8. The zero-order valence-electron chi connectivity index (χ0n) is 23.2. The summed E-state index contributed by atoms with van der Waals surface area (Å²) in [5.74, 6) is -1.26. The molecule has 0 fully saturated rings. The Kier molecular flexibility index (Phi) is 8.67. The molecule has 2 aliphatic carbocycles. The predicted octanol–water partition coefficient (Wildman–Crippen LogP) is 5.03. The number of aliphatic hydroxyl groups is 1. The third kappa shape index (κ3) is 6.52. The SMILES string of the molecule is CCCC(=O)O[C@H]1C[C@](C)(OC(C)=O)[C@H]2CC(=O)C(C)=C2C=C1[C@](C)(O)CO[Si](C)(C)C(C)(C)C. The maximum atomic E-state index is 12.7. The fourth-order valence-corrected chi connectivity index (χ4v) is 5.67. The lowest BCUT2D eigenvalue weighted by molar-refractivity contribution is -0.167. The highest BCUT2D eigenvalue weighted by atomic mass is 28.4. The van der Waals surface area contributed by atoms with Gasteiger partial charge in [0.05, 0.1) is 6.61 Å². The molecule has 7 nitrogen and oxygen atoms in total. The third-order valence-electron chi connectivity index (χ3n) is 7.85. The molecule has 198 valence electrons. The number of carbonyl (C=O) groups excluding carboxylic acids is 3. The van der Waals surface area contributed by atoms with Gasteiger partial charge in [0.15, 0.2) is 14.1 Å². The number of carbonyl (C=O) groups is 3. The molecule has 0 bridgehead atoms. The van der Waals surface area contributed by atoms with Gasteiger partial charge in [0.1, 0.15) is 17.3 Å². The molecule has 0 aromatic carbocycles. The Labute approximate surface area is 211 Å². The van der Waals surface area contributed by atoms with Crippen LogP contribution in [-0.2, 0) is 28.3 Å². The highest BCUT2D eigenvalue weighted by Crippen LogP contribution is 2.48. The van der Waals surface area contributed by atoms with E-state index in [0.29, 0.717) is 17.6 Å². The molecular weight excluding hydrogens is 464 g/mol. The Hall–Kier alpha value is -1.77. The second kappa shape index (κ2) is 10.3. The van der Waals surface area contributed by atoms with Crippen molar-refractivity contribution in [3.8, 4) is 0 Å². The van der Waals surface area contributed by atoms with Crippen molar-refractivity contribution in [1.29, 1.82) is 0 Å². The Balaban J connectivity index is 2.60. The van der Waals surface area contributed by atoms with Crippen molar-refractivity contribution in [2.45, 2.75) is 117 Å². The molecule has 0 unspecified atom stereocenters. The van der Waals surface area contributed by atoms with Gasteiger partial charge < -0.3 is 19.0 Å². The first-order valence-corrected chi connectivity index (χ1v) is 15.5. The predicted molar refractivity (Wildman–Crippen MR) is 137 cm³/mol. The molecule has 0 heterocycles. The molecule has 0 amide bonds. The Morgan fingerprint density at radius 1 is 1.23 bits per heavy atom. The van der Waals surface area contributed by atoms with E-state index in [1.165, 1.54) is 6.92 Å². The van der Waals surface area contributed by atoms with Gasteiger partial charge in [0, 0.05) is 37.7 Å². The van der Waals surface area contributed by atoms with Crippen molar-refractivity contribution >= 4 is 26.0 Å². The summed E-state index contributed by atoms with van der Waals surface area (Å²) in [6, 6.07) is 0. The topological polar surface area (TPSA) is 99.1 Å². The van der Waals surface area contributed by atoms with Crippen LogP contribution in [0.3, 0.4) is 0 Å². The normalized spacial score (nSPS) is 27.1. The summed E-state index contributed by atoms with van der Waals surface area (Å²) in [6.45, 7) is 19.0. The Morgan fingerprint density at radius 2 is 1.83 bits per heavy atom. The van der Waals surface area contributed by atoms with E-state index in [1.807, 2.05) is 6.92 Å². The van der Waals surface area contributed by atoms with Gasteiger partial charge in [-0.1, -0.05) is 33.8 Å². The van der Waals surface area contributed by atoms with Gasteiger partial charge in [0.25, 0.3) is 0 Å². The zero-order chi connectivity index (χ0) is 27.0. The first-order valence-electron chi connectivity index (χ1n) is 12.6. The molecule has 2 aliphatic rings. The van der Waals surface area contributed by atoms with Gasteiger partial charge in [-0.05, 0) is 56.5 Å². The van der Waals surface area contributed by atoms with Crippen molar-refractivity contribution in [3.63, 3.8) is 0 Å². The molecular formula is C27H44O7Si. The standard InChI is InChI=1S/C27H44O7Si/c1-11-12-24(30)33-23-15-27(8,34-18(3)28)20-14-22(29)17(2)19(20)13-21(23)26(7,31)16-32-35(9,10)25(4,5)6/h13,20,23,31H,11-12,14-16H2,1-10H3/t20-,23-,26+,27-/m0/s1. The van der Waals surface area contributed by atoms with Gasteiger partial charge in [-0.15, -0.1) is 0 Å². The number of ketones is 1. The monoisotopic (exact) mass is 508 g/mol. The largest absolute Gasteiger partial charge is 0.459 e. The number of hydrogen-bond donors (Lipinski definition) is 1. The van der Waals surface area contributed by atoms with E-state index >= 15 is 0 Å². The molecule has 2 rings (SSSR count). The number of Topliss-reactive ketones (excluding diaryl/α,β-unsaturated/α-hetero) is 1. The molecule has 8 heteroatoms. The van der Waals surface area contributed by atoms with E-state index in [4.69, 9.17) is 13.9 Å². The van der Waals surface area contributed by atoms with Crippen LogP contribution in [-0.4, -0.2) is 55.1 Å². The van der Waals surface area contributed by atoms with Gasteiger partial charge in [-0.2, -0.15) is 0 Å². The van der Waals surface area contributed by atoms with Crippen LogP contribution in [0.25, 0.3) is 0 Å². The van der Waals surface area contributed by atoms with Crippen LogP contribution in [0.15, 0.2) is 22.8 Å². The first-order chi connectivity index (χ1) is 15.8. The maximum Gasteiger partial charge on any atom is 0.306 e. The molecule has 35 heavy (non-hydrogen) atoms. The number of fused-ring (bicyclic) bond motifs is 1. The van der Waals surface area contributed by atoms with Crippen molar-refractivity contribution in [3.05, 3.63) is 22.8 Å². The summed E-state index contributed by atoms with van der Waals surface area (Å²) in [5, 5.41) is 11.7. The summed E-state index contributed by atoms with van der Waals surface area (Å²) >= 11 is 0. The minimum Gasteiger partial charge on any atom is -0.459 e. The van der Waals surface area contributed by atoms with Crippen LogP contribution in [0, 0.1) is 5.92 Å². The van der Waals surface area contributed by atoms with Crippen molar-refractivity contribution in [1.82, 2.24) is 0 Å². The summed E-state index contributed by atoms with van der Waals surface area (Å²) in [4.78, 5) is 37.4. The van der Waals surface area contributed by atoms with Crippen LogP contribution in [0.5, 0.6) is 0 Å². The van der Waals surface area contributed by atoms with E-state index in [0.717, 1.165) is 5.57 Å². The Morgan fingerprint density at radius 3 is 2.34 bits per heavy atom. The van der Waals surface area contributed by atoms with E-state index in [2.05, 4.69) is 33.9 Å². The summed E-state index contributed by atoms with van der Waals surface area (Å²) in [5.41, 5.74) is -0.800. The van der Waals surface area contributed by atoms with Crippen LogP contribution in [0.1, 0.15) is 81.1 Å². The maximum absolute atomic E-state index is 12.7. The van der Waals surface area contributed by atoms with E-state index in [-0.39, 0.29) is 48.6 Å². The molecule has 0 saturated heterocycles. The fourth-order valence-electron chi connectivity index (χ4n) is 4.60. The lowest BCUT2D eigenvalue weighted by atomic mass is 9.81. The van der Waals surface area contributed by atoms with Crippen LogP contribution < -0.4 is 0 Å². The molecule has 0 saturated carbocycles. The summed E-state index contributed by atoms with van der Waals surface area (Å²) in [7, 11) is -2.19. The van der Waals surface area contributed by atoms with Gasteiger partial charge in [0.2, 0.25) is 0 Å². The summed E-state index contributed by atoms with van der Waals surface area (Å²) in [6.07, 6.45) is 2.15.